The van der Waals surface area contributed by atoms with Crippen LogP contribution in [0.15, 0.2) is 0 Å². The van der Waals surface area contributed by atoms with E-state index in [9.17, 15) is 5.11 Å². The van der Waals surface area contributed by atoms with E-state index in [2.05, 4.69) is 11.9 Å². The van der Waals surface area contributed by atoms with Crippen molar-refractivity contribution in [2.24, 2.45) is 0 Å². The summed E-state index contributed by atoms with van der Waals surface area (Å²) in [6, 6.07) is 0.421. The van der Waals surface area contributed by atoms with Crippen molar-refractivity contribution in [2.45, 2.75) is 45.8 Å². The molecule has 12 heavy (non-hydrogen) atoms. The number of halogens is 1. The summed E-state index contributed by atoms with van der Waals surface area (Å²) >= 11 is 0. The Morgan fingerprint density at radius 1 is 1.42 bits per heavy atom. The molecule has 0 aromatic carbocycles. The van der Waals surface area contributed by atoms with Gasteiger partial charge in [0.2, 0.25) is 0 Å². The number of aliphatic hydroxyl groups excluding tert-OH is 1. The van der Waals surface area contributed by atoms with Gasteiger partial charge in [-0.15, -0.1) is 0 Å². The molecule has 0 saturated carbocycles. The molecule has 1 rings (SSSR count). The third-order valence-electron chi connectivity index (χ3n) is 2.13. The van der Waals surface area contributed by atoms with Gasteiger partial charge in [0.1, 0.15) is 0 Å². The molecule has 1 N–H and O–H groups in total. The molecule has 3 heteroatoms. The van der Waals surface area contributed by atoms with Crippen LogP contribution in [-0.2, 0) is 0 Å². The minimum atomic E-state index is -0.155. The quantitative estimate of drug-likeness (QED) is 0.661. The first-order valence-corrected chi connectivity index (χ1v) is 4.60. The summed E-state index contributed by atoms with van der Waals surface area (Å²) in [5, 5.41) is 9.18. The number of rotatable bonds is 1. The van der Waals surface area contributed by atoms with E-state index >= 15 is 0 Å². The largest absolute Gasteiger partial charge is 0.392 e. The average Bonchev–Trinajstić information content (AvgIpc) is 2.39. The third kappa shape index (κ3) is 4.02. The monoisotopic (exact) mass is 179 g/mol. The van der Waals surface area contributed by atoms with Gasteiger partial charge in [-0.3, -0.25) is 4.70 Å². The Morgan fingerprint density at radius 3 is 2.08 bits per heavy atom. The minimum Gasteiger partial charge on any atom is -0.392 e. The van der Waals surface area contributed by atoms with Crippen LogP contribution in [0.4, 0.5) is 4.70 Å². The molecule has 1 aliphatic heterocycles. The van der Waals surface area contributed by atoms with E-state index in [4.69, 9.17) is 0 Å². The number of aliphatic hydroxyl groups is 1. The van der Waals surface area contributed by atoms with Crippen molar-refractivity contribution < 1.29 is 9.81 Å². The van der Waals surface area contributed by atoms with Crippen molar-refractivity contribution in [3.05, 3.63) is 0 Å². The van der Waals surface area contributed by atoms with Crippen LogP contribution in [0.1, 0.15) is 33.6 Å². The Labute approximate surface area is 74.9 Å². The molecule has 1 heterocycles. The third-order valence-corrected chi connectivity index (χ3v) is 2.13. The van der Waals surface area contributed by atoms with E-state index in [0.717, 1.165) is 13.0 Å². The molecule has 2 nitrogen and oxygen atoms in total. The summed E-state index contributed by atoms with van der Waals surface area (Å²) in [5.41, 5.74) is 0. The van der Waals surface area contributed by atoms with Crippen LogP contribution in [-0.4, -0.2) is 35.7 Å². The highest BCUT2D eigenvalue weighted by molar-refractivity contribution is 4.79. The van der Waals surface area contributed by atoms with E-state index in [-0.39, 0.29) is 10.8 Å². The number of likely N-dealkylation sites (tertiary alicyclic amines) is 1. The zero-order valence-electron chi connectivity index (χ0n) is 8.58. The molecule has 0 aliphatic carbocycles. The molecule has 0 bridgehead atoms. The fourth-order valence-corrected chi connectivity index (χ4v) is 1.55. The SMILES string of the molecule is CC.C[C@H](O)[C@@H]1CCCN1C.F. The van der Waals surface area contributed by atoms with Crippen LogP contribution in [0.25, 0.3) is 0 Å². The van der Waals surface area contributed by atoms with Crippen molar-refractivity contribution in [1.29, 1.82) is 0 Å². The van der Waals surface area contributed by atoms with Crippen LogP contribution < -0.4 is 0 Å². The van der Waals surface area contributed by atoms with Gasteiger partial charge in [0.15, 0.2) is 0 Å². The molecule has 0 unspecified atom stereocenters. The lowest BCUT2D eigenvalue weighted by Gasteiger charge is -2.21. The summed E-state index contributed by atoms with van der Waals surface area (Å²) in [6.07, 6.45) is 2.25. The zero-order chi connectivity index (χ0) is 8.85. The van der Waals surface area contributed by atoms with Crippen molar-refractivity contribution in [3.63, 3.8) is 0 Å². The van der Waals surface area contributed by atoms with E-state index in [1.807, 2.05) is 20.8 Å². The normalized spacial score (nSPS) is 25.2. The Balaban J connectivity index is 0. The molecule has 1 aliphatic rings. The van der Waals surface area contributed by atoms with Crippen molar-refractivity contribution in [2.75, 3.05) is 13.6 Å². The maximum absolute atomic E-state index is 9.18. The lowest BCUT2D eigenvalue weighted by Crippen LogP contribution is -2.34. The van der Waals surface area contributed by atoms with Gasteiger partial charge >= 0.3 is 0 Å². The molecule has 0 radical (unpaired) electrons. The summed E-state index contributed by atoms with van der Waals surface area (Å²) < 4.78 is 0. The van der Waals surface area contributed by atoms with Crippen LogP contribution in [0.5, 0.6) is 0 Å². The lowest BCUT2D eigenvalue weighted by atomic mass is 10.1. The van der Waals surface area contributed by atoms with Gasteiger partial charge in [-0.25, -0.2) is 0 Å². The highest BCUT2D eigenvalue weighted by Crippen LogP contribution is 2.17. The van der Waals surface area contributed by atoms with Crippen LogP contribution >= 0.6 is 0 Å². The second-order valence-corrected chi connectivity index (χ2v) is 2.93. The fraction of sp³-hybridized carbons (Fsp3) is 1.00. The molecule has 0 aromatic rings. The van der Waals surface area contributed by atoms with Crippen molar-refractivity contribution in [3.8, 4) is 0 Å². The highest BCUT2D eigenvalue weighted by atomic mass is 19.0. The van der Waals surface area contributed by atoms with E-state index in [0.29, 0.717) is 6.04 Å². The van der Waals surface area contributed by atoms with Gasteiger partial charge in [-0.2, -0.15) is 0 Å². The van der Waals surface area contributed by atoms with Gasteiger partial charge < -0.3 is 10.0 Å². The predicted octanol–water partition coefficient (Wildman–Crippen LogP) is 1.64. The molecule has 1 saturated heterocycles. The van der Waals surface area contributed by atoms with Gasteiger partial charge in [0.05, 0.1) is 6.10 Å². The number of nitrogens with zero attached hydrogens (tertiary/aromatic N) is 1. The van der Waals surface area contributed by atoms with Gasteiger partial charge in [0.25, 0.3) is 0 Å². The molecule has 0 aromatic heterocycles. The first-order chi connectivity index (χ1) is 5.22. The van der Waals surface area contributed by atoms with E-state index in [1.165, 1.54) is 6.42 Å². The minimum absolute atomic E-state index is 0. The molecule has 2 atom stereocenters. The second-order valence-electron chi connectivity index (χ2n) is 2.93. The topological polar surface area (TPSA) is 23.5 Å². The van der Waals surface area contributed by atoms with E-state index in [1.54, 1.807) is 0 Å². The molecular formula is C9H22FNO. The smallest absolute Gasteiger partial charge is 0.0667 e. The summed E-state index contributed by atoms with van der Waals surface area (Å²) in [7, 11) is 2.07. The number of hydrogen-bond acceptors (Lipinski definition) is 2. The first-order valence-electron chi connectivity index (χ1n) is 4.60. The molecular weight excluding hydrogens is 157 g/mol. The van der Waals surface area contributed by atoms with Crippen molar-refractivity contribution in [1.82, 2.24) is 4.90 Å². The lowest BCUT2D eigenvalue weighted by molar-refractivity contribution is 0.101. The van der Waals surface area contributed by atoms with Crippen LogP contribution in [0.2, 0.25) is 0 Å². The molecule has 1 fully saturated rings. The molecule has 76 valence electrons. The van der Waals surface area contributed by atoms with Crippen LogP contribution in [0, 0.1) is 0 Å². The van der Waals surface area contributed by atoms with Crippen LogP contribution in [0.3, 0.4) is 0 Å². The molecule has 0 spiro atoms. The highest BCUT2D eigenvalue weighted by Gasteiger charge is 2.24. The van der Waals surface area contributed by atoms with Crippen molar-refractivity contribution >= 4 is 0 Å². The summed E-state index contributed by atoms with van der Waals surface area (Å²) in [6.45, 7) is 7.02. The van der Waals surface area contributed by atoms with Gasteiger partial charge in [-0.05, 0) is 33.4 Å². The number of likely N-dealkylation sites (N-methyl/N-ethyl adjacent to an activating group) is 1. The second kappa shape index (κ2) is 7.50. The Hall–Kier alpha value is -0.150. The maximum Gasteiger partial charge on any atom is 0.0667 e. The Kier molecular flexibility index (Phi) is 8.98. The first kappa shape index (κ1) is 14.4. The van der Waals surface area contributed by atoms with Gasteiger partial charge in [-0.1, -0.05) is 13.8 Å². The maximum atomic E-state index is 9.18. The average molecular weight is 179 g/mol. The summed E-state index contributed by atoms with van der Waals surface area (Å²) in [4.78, 5) is 2.23. The zero-order valence-corrected chi connectivity index (χ0v) is 8.58. The fourth-order valence-electron chi connectivity index (χ4n) is 1.55. The van der Waals surface area contributed by atoms with E-state index < -0.39 is 0 Å². The Bertz CT molecular complexity index is 98.5. The summed E-state index contributed by atoms with van der Waals surface area (Å²) in [5.74, 6) is 0. The standard InChI is InChI=1S/C7H15NO.C2H6.FH/c1-6(9)7-4-3-5-8(7)2;1-2;/h6-7,9H,3-5H2,1-2H3;1-2H3;1H/t6-,7-;;/m0../s1. The van der Waals surface area contributed by atoms with Gasteiger partial charge in [0, 0.05) is 6.04 Å². The predicted molar refractivity (Wildman–Crippen MR) is 51.2 cm³/mol. The Morgan fingerprint density at radius 2 is 1.92 bits per heavy atom. The number of hydrogen-bond donors (Lipinski definition) is 1. The molecule has 0 amide bonds.